The highest BCUT2D eigenvalue weighted by molar-refractivity contribution is 5.97. The molecule has 0 aliphatic carbocycles. The van der Waals surface area contributed by atoms with E-state index in [1.54, 1.807) is 14.2 Å². The van der Waals surface area contributed by atoms with Gasteiger partial charge in [0.25, 0.3) is 5.91 Å². The number of ether oxygens (including phenoxy) is 2. The van der Waals surface area contributed by atoms with Gasteiger partial charge < -0.3 is 19.8 Å². The molecule has 0 saturated heterocycles. The summed E-state index contributed by atoms with van der Waals surface area (Å²) in [4.78, 5) is 12.0. The molecule has 3 aromatic rings. The fraction of sp³-hybridized carbons (Fsp3) is 0.261. The van der Waals surface area contributed by atoms with Crippen molar-refractivity contribution in [3.05, 3.63) is 70.9 Å². The minimum absolute atomic E-state index is 0.392. The van der Waals surface area contributed by atoms with Crippen molar-refractivity contribution in [1.29, 1.82) is 0 Å². The molecule has 5 heteroatoms. The third kappa shape index (κ3) is 3.60. The summed E-state index contributed by atoms with van der Waals surface area (Å²) in [5.74, 6) is 1.03. The first-order valence-corrected chi connectivity index (χ1v) is 9.23. The van der Waals surface area contributed by atoms with Crippen LogP contribution in [0.15, 0.2) is 48.5 Å². The normalized spacial score (nSPS) is 10.7. The van der Waals surface area contributed by atoms with Gasteiger partial charge in [-0.2, -0.15) is 0 Å². The molecule has 2 aromatic carbocycles. The Kier molecular flexibility index (Phi) is 5.73. The highest BCUT2D eigenvalue weighted by atomic mass is 16.5. The van der Waals surface area contributed by atoms with E-state index < -0.39 is 5.91 Å². The van der Waals surface area contributed by atoms with Crippen LogP contribution in [-0.2, 0) is 13.0 Å². The zero-order valence-electron chi connectivity index (χ0n) is 16.8. The van der Waals surface area contributed by atoms with Gasteiger partial charge in [0, 0.05) is 12.2 Å². The largest absolute Gasteiger partial charge is 0.493 e. The Balaban J connectivity index is 2.00. The first kappa shape index (κ1) is 19.5. The number of benzene rings is 2. The Morgan fingerprint density at radius 1 is 1.00 bits per heavy atom. The maximum Gasteiger partial charge on any atom is 0.250 e. The maximum atomic E-state index is 12.0. The number of hydrogen-bond donors (Lipinski definition) is 1. The predicted molar refractivity (Wildman–Crippen MR) is 111 cm³/mol. The average Bonchev–Trinajstić information content (AvgIpc) is 2.96. The Morgan fingerprint density at radius 3 is 2.29 bits per heavy atom. The molecule has 0 unspecified atom stereocenters. The Bertz CT molecular complexity index is 991. The summed E-state index contributed by atoms with van der Waals surface area (Å²) in [6.45, 7) is 4.64. The van der Waals surface area contributed by atoms with E-state index in [0.29, 0.717) is 17.1 Å². The number of carbonyl (C=O) groups excluding carboxylic acids is 1. The fourth-order valence-electron chi connectivity index (χ4n) is 3.78. The second-order valence-electron chi connectivity index (χ2n) is 6.76. The van der Waals surface area contributed by atoms with Gasteiger partial charge in [-0.15, -0.1) is 0 Å². The molecular weight excluding hydrogens is 352 g/mol. The van der Waals surface area contributed by atoms with Crippen LogP contribution < -0.4 is 15.2 Å². The van der Waals surface area contributed by atoms with Crippen LogP contribution in [0.3, 0.4) is 0 Å². The molecule has 28 heavy (non-hydrogen) atoms. The molecule has 0 spiro atoms. The Hall–Kier alpha value is -3.21. The molecule has 0 bridgehead atoms. The van der Waals surface area contributed by atoms with Crippen molar-refractivity contribution in [3.8, 4) is 22.8 Å². The van der Waals surface area contributed by atoms with Gasteiger partial charge in [-0.3, -0.25) is 4.79 Å². The van der Waals surface area contributed by atoms with Crippen molar-refractivity contribution in [3.63, 3.8) is 0 Å². The third-order valence-electron chi connectivity index (χ3n) is 5.13. The maximum absolute atomic E-state index is 12.0. The number of aryl methyl sites for hydroxylation is 1. The van der Waals surface area contributed by atoms with Gasteiger partial charge in [0.1, 0.15) is 0 Å². The number of amides is 1. The number of hydrogen-bond acceptors (Lipinski definition) is 3. The van der Waals surface area contributed by atoms with E-state index in [-0.39, 0.29) is 0 Å². The first-order chi connectivity index (χ1) is 13.5. The van der Waals surface area contributed by atoms with E-state index in [1.807, 2.05) is 50.2 Å². The lowest BCUT2D eigenvalue weighted by molar-refractivity contribution is 0.0999. The Morgan fingerprint density at radius 2 is 1.68 bits per heavy atom. The van der Waals surface area contributed by atoms with Gasteiger partial charge in [0.2, 0.25) is 0 Å². The summed E-state index contributed by atoms with van der Waals surface area (Å²) in [5.41, 5.74) is 11.3. The van der Waals surface area contributed by atoms with E-state index in [9.17, 15) is 4.79 Å². The van der Waals surface area contributed by atoms with Crippen LogP contribution in [0.2, 0.25) is 0 Å². The molecule has 0 aliphatic heterocycles. The molecule has 2 N–H and O–H groups in total. The molecule has 0 radical (unpaired) electrons. The van der Waals surface area contributed by atoms with E-state index in [2.05, 4.69) is 16.7 Å². The summed E-state index contributed by atoms with van der Waals surface area (Å²) < 4.78 is 12.9. The van der Waals surface area contributed by atoms with Gasteiger partial charge in [-0.05, 0) is 49.1 Å². The van der Waals surface area contributed by atoms with Crippen molar-refractivity contribution in [1.82, 2.24) is 4.57 Å². The van der Waals surface area contributed by atoms with Crippen LogP contribution in [0.25, 0.3) is 11.3 Å². The summed E-state index contributed by atoms with van der Waals surface area (Å²) >= 11 is 0. The highest BCUT2D eigenvalue weighted by Crippen LogP contribution is 2.32. The number of primary amides is 1. The minimum Gasteiger partial charge on any atom is -0.493 e. The van der Waals surface area contributed by atoms with Gasteiger partial charge in [0.05, 0.1) is 25.5 Å². The molecular formula is C23H26N2O3. The molecule has 0 aliphatic rings. The molecule has 0 atom stereocenters. The van der Waals surface area contributed by atoms with Gasteiger partial charge in [0.15, 0.2) is 11.5 Å². The molecule has 0 saturated carbocycles. The zero-order chi connectivity index (χ0) is 20.3. The first-order valence-electron chi connectivity index (χ1n) is 9.23. The van der Waals surface area contributed by atoms with Gasteiger partial charge in [-0.1, -0.05) is 36.4 Å². The molecule has 0 fully saturated rings. The quantitative estimate of drug-likeness (QED) is 0.672. The second kappa shape index (κ2) is 8.21. The number of carbonyl (C=O) groups is 1. The van der Waals surface area contributed by atoms with E-state index in [0.717, 1.165) is 41.0 Å². The van der Waals surface area contributed by atoms with Crippen LogP contribution in [-0.4, -0.2) is 24.7 Å². The fourth-order valence-corrected chi connectivity index (χ4v) is 3.78. The van der Waals surface area contributed by atoms with E-state index >= 15 is 0 Å². The smallest absolute Gasteiger partial charge is 0.250 e. The summed E-state index contributed by atoms with van der Waals surface area (Å²) in [5, 5.41) is 0. The highest BCUT2D eigenvalue weighted by Gasteiger charge is 2.21. The number of nitrogens with zero attached hydrogens (tertiary/aromatic N) is 1. The van der Waals surface area contributed by atoms with E-state index in [4.69, 9.17) is 15.2 Å². The molecule has 1 heterocycles. The Labute approximate surface area is 165 Å². The van der Waals surface area contributed by atoms with Crippen LogP contribution >= 0.6 is 0 Å². The van der Waals surface area contributed by atoms with Crippen molar-refractivity contribution in [2.75, 3.05) is 14.2 Å². The van der Waals surface area contributed by atoms with Crippen LogP contribution in [0.4, 0.5) is 0 Å². The predicted octanol–water partition coefficient (Wildman–Crippen LogP) is 4.13. The zero-order valence-corrected chi connectivity index (χ0v) is 16.8. The molecule has 1 amide bonds. The molecule has 5 nitrogen and oxygen atoms in total. The molecule has 1 aromatic heterocycles. The third-order valence-corrected chi connectivity index (χ3v) is 5.13. The van der Waals surface area contributed by atoms with Crippen LogP contribution in [0, 0.1) is 13.8 Å². The number of rotatable bonds is 7. The standard InChI is InChI=1S/C23H26N2O3/c1-15-21(23(24)26)16(2)25(22(15)18-8-6-5-7-9-18)13-12-17-10-11-19(27-3)20(14-17)28-4/h5-11,14H,12-13H2,1-4H3,(H2,24,26). The average molecular weight is 378 g/mol. The van der Waals surface area contributed by atoms with Crippen molar-refractivity contribution < 1.29 is 14.3 Å². The second-order valence-corrected chi connectivity index (χ2v) is 6.76. The topological polar surface area (TPSA) is 66.5 Å². The summed E-state index contributed by atoms with van der Waals surface area (Å²) in [6.07, 6.45) is 0.785. The van der Waals surface area contributed by atoms with Gasteiger partial charge in [-0.25, -0.2) is 0 Å². The van der Waals surface area contributed by atoms with Crippen molar-refractivity contribution >= 4 is 5.91 Å². The van der Waals surface area contributed by atoms with Crippen molar-refractivity contribution in [2.45, 2.75) is 26.8 Å². The van der Waals surface area contributed by atoms with Crippen LogP contribution in [0.5, 0.6) is 11.5 Å². The lowest BCUT2D eigenvalue weighted by atomic mass is 10.0. The molecule has 3 rings (SSSR count). The van der Waals surface area contributed by atoms with Gasteiger partial charge >= 0.3 is 0 Å². The van der Waals surface area contributed by atoms with E-state index in [1.165, 1.54) is 0 Å². The number of nitrogens with two attached hydrogens (primary N) is 1. The summed E-state index contributed by atoms with van der Waals surface area (Å²) in [6, 6.07) is 16.0. The summed E-state index contributed by atoms with van der Waals surface area (Å²) in [7, 11) is 3.26. The number of aromatic nitrogens is 1. The lowest BCUT2D eigenvalue weighted by Crippen LogP contribution is -2.13. The minimum atomic E-state index is -0.392. The SMILES string of the molecule is COc1ccc(CCn2c(C)c(C(N)=O)c(C)c2-c2ccccc2)cc1OC. The van der Waals surface area contributed by atoms with Crippen molar-refractivity contribution in [2.24, 2.45) is 5.73 Å². The monoisotopic (exact) mass is 378 g/mol. The molecule has 146 valence electrons. The van der Waals surface area contributed by atoms with Crippen LogP contribution in [0.1, 0.15) is 27.2 Å². The lowest BCUT2D eigenvalue weighted by Gasteiger charge is -2.14. The number of methoxy groups -OCH3 is 2.